The Kier molecular flexibility index (Phi) is 3.22. The van der Waals surface area contributed by atoms with Crippen molar-refractivity contribution in [1.82, 2.24) is 24.9 Å². The molecule has 2 aromatic heterocycles. The monoisotopic (exact) mass is 301 g/mol. The highest BCUT2D eigenvalue weighted by molar-refractivity contribution is 5.92. The first-order valence-electron chi connectivity index (χ1n) is 7.65. The van der Waals surface area contributed by atoms with E-state index in [0.29, 0.717) is 24.8 Å². The quantitative estimate of drug-likeness (QED) is 0.892. The summed E-state index contributed by atoms with van der Waals surface area (Å²) in [7, 11) is 1.79. The second kappa shape index (κ2) is 5.24. The molecular weight excluding hydrogens is 282 g/mol. The number of rotatable bonds is 2. The lowest BCUT2D eigenvalue weighted by molar-refractivity contribution is 0.0779. The molecule has 1 atom stereocenters. The van der Waals surface area contributed by atoms with E-state index < -0.39 is 0 Å². The Morgan fingerprint density at radius 3 is 3.23 bits per heavy atom. The van der Waals surface area contributed by atoms with E-state index in [4.69, 9.17) is 4.74 Å². The number of hydrogen-bond donors (Lipinski definition) is 1. The van der Waals surface area contributed by atoms with Crippen LogP contribution in [0.3, 0.4) is 0 Å². The van der Waals surface area contributed by atoms with Crippen LogP contribution in [0.2, 0.25) is 0 Å². The van der Waals surface area contributed by atoms with Crippen LogP contribution in [-0.4, -0.2) is 50.5 Å². The third-order valence-corrected chi connectivity index (χ3v) is 4.63. The van der Waals surface area contributed by atoms with Crippen molar-refractivity contribution in [2.45, 2.75) is 25.4 Å². The van der Waals surface area contributed by atoms with Gasteiger partial charge in [0.25, 0.3) is 5.91 Å². The number of aryl methyl sites for hydroxylation is 1. The van der Waals surface area contributed by atoms with Crippen LogP contribution in [0.4, 0.5) is 0 Å². The summed E-state index contributed by atoms with van der Waals surface area (Å²) < 4.78 is 7.18. The minimum atomic E-state index is 0.0446. The largest absolute Gasteiger partial charge is 0.376 e. The fourth-order valence-electron chi connectivity index (χ4n) is 3.38. The van der Waals surface area contributed by atoms with Gasteiger partial charge in [0, 0.05) is 49.9 Å². The van der Waals surface area contributed by atoms with Gasteiger partial charge in [0.1, 0.15) is 5.69 Å². The predicted octanol–water partition coefficient (Wildman–Crippen LogP) is 0.846. The normalized spacial score (nSPS) is 21.1. The maximum atomic E-state index is 12.5. The molecule has 4 heterocycles. The highest BCUT2D eigenvalue weighted by Crippen LogP contribution is 2.31. The zero-order chi connectivity index (χ0) is 15.1. The Morgan fingerprint density at radius 2 is 2.41 bits per heavy atom. The van der Waals surface area contributed by atoms with Gasteiger partial charge in [0.2, 0.25) is 0 Å². The highest BCUT2D eigenvalue weighted by Gasteiger charge is 2.33. The van der Waals surface area contributed by atoms with Crippen molar-refractivity contribution in [3.8, 4) is 0 Å². The van der Waals surface area contributed by atoms with E-state index >= 15 is 0 Å². The third-order valence-electron chi connectivity index (χ3n) is 4.63. The molecule has 2 aromatic rings. The number of H-pyrrole nitrogens is 1. The minimum Gasteiger partial charge on any atom is -0.376 e. The molecule has 2 aliphatic heterocycles. The number of aromatic amines is 1. The average Bonchev–Trinajstić information content (AvgIpc) is 3.25. The first kappa shape index (κ1) is 13.5. The number of nitrogens with one attached hydrogen (secondary N) is 1. The lowest BCUT2D eigenvalue weighted by Crippen LogP contribution is -2.30. The van der Waals surface area contributed by atoms with Crippen molar-refractivity contribution >= 4 is 5.91 Å². The van der Waals surface area contributed by atoms with Crippen LogP contribution < -0.4 is 0 Å². The van der Waals surface area contributed by atoms with Gasteiger partial charge in [-0.25, -0.2) is 0 Å². The van der Waals surface area contributed by atoms with Crippen LogP contribution in [0.25, 0.3) is 0 Å². The molecule has 7 nitrogen and oxygen atoms in total. The molecule has 1 unspecified atom stereocenters. The summed E-state index contributed by atoms with van der Waals surface area (Å²) in [4.78, 5) is 14.4. The molecule has 116 valence electrons. The number of carbonyl (C=O) groups excluding carboxylic acids is 1. The molecule has 7 heteroatoms. The molecule has 4 rings (SSSR count). The van der Waals surface area contributed by atoms with Gasteiger partial charge in [0.15, 0.2) is 0 Å². The lowest BCUT2D eigenvalue weighted by Gasteiger charge is -2.17. The van der Waals surface area contributed by atoms with Crippen LogP contribution in [0.5, 0.6) is 0 Å². The summed E-state index contributed by atoms with van der Waals surface area (Å²) in [5.41, 5.74) is 4.10. The molecule has 2 aliphatic rings. The summed E-state index contributed by atoms with van der Waals surface area (Å²) in [5.74, 6) is 0.335. The number of fused-ring (bicyclic) bond motifs is 1. The van der Waals surface area contributed by atoms with Crippen LogP contribution in [0.15, 0.2) is 12.3 Å². The maximum absolute atomic E-state index is 12.5. The number of amides is 1. The Morgan fingerprint density at radius 1 is 1.50 bits per heavy atom. The molecule has 1 N–H and O–H groups in total. The van der Waals surface area contributed by atoms with E-state index in [0.717, 1.165) is 31.7 Å². The van der Waals surface area contributed by atoms with Crippen molar-refractivity contribution in [2.75, 3.05) is 19.7 Å². The summed E-state index contributed by atoms with van der Waals surface area (Å²) in [5, 5.41) is 11.7. The average molecular weight is 301 g/mol. The fraction of sp³-hybridized carbons (Fsp3) is 0.533. The molecule has 0 radical (unpaired) electrons. The van der Waals surface area contributed by atoms with Gasteiger partial charge in [-0.3, -0.25) is 14.6 Å². The second-order valence-electron chi connectivity index (χ2n) is 5.95. The van der Waals surface area contributed by atoms with Crippen molar-refractivity contribution < 1.29 is 9.53 Å². The Bertz CT molecular complexity index is 705. The van der Waals surface area contributed by atoms with Gasteiger partial charge >= 0.3 is 0 Å². The number of nitrogens with zero attached hydrogens (tertiary/aromatic N) is 4. The van der Waals surface area contributed by atoms with Gasteiger partial charge in [-0.2, -0.15) is 10.2 Å². The smallest absolute Gasteiger partial charge is 0.272 e. The van der Waals surface area contributed by atoms with Gasteiger partial charge in [-0.05, 0) is 12.5 Å². The predicted molar refractivity (Wildman–Crippen MR) is 78.4 cm³/mol. The maximum Gasteiger partial charge on any atom is 0.272 e. The molecule has 0 saturated carbocycles. The van der Waals surface area contributed by atoms with Crippen molar-refractivity contribution in [1.29, 1.82) is 0 Å². The number of ether oxygens (including phenoxy) is 1. The molecule has 1 fully saturated rings. The molecule has 0 aliphatic carbocycles. The van der Waals surface area contributed by atoms with Gasteiger partial charge in [-0.15, -0.1) is 0 Å². The van der Waals surface area contributed by atoms with Gasteiger partial charge in [0.05, 0.1) is 18.9 Å². The standard InChI is InChI=1S/C15H19N5O2/c1-19-13(2-5-16-19)15(21)20-6-3-10(8-20)14-11-9-22-7-4-12(11)17-18-14/h2,5,10H,3-4,6-9H2,1H3,(H,17,18). The van der Waals surface area contributed by atoms with Gasteiger partial charge in [-0.1, -0.05) is 0 Å². The molecule has 22 heavy (non-hydrogen) atoms. The zero-order valence-corrected chi connectivity index (χ0v) is 12.6. The lowest BCUT2D eigenvalue weighted by atomic mass is 9.98. The summed E-state index contributed by atoms with van der Waals surface area (Å²) in [6, 6.07) is 1.76. The summed E-state index contributed by atoms with van der Waals surface area (Å²) >= 11 is 0. The Labute approximate surface area is 128 Å². The fourth-order valence-corrected chi connectivity index (χ4v) is 3.38. The van der Waals surface area contributed by atoms with Crippen molar-refractivity contribution in [3.05, 3.63) is 34.9 Å². The molecule has 0 aromatic carbocycles. The highest BCUT2D eigenvalue weighted by atomic mass is 16.5. The Hall–Kier alpha value is -2.15. The number of hydrogen-bond acceptors (Lipinski definition) is 4. The molecule has 1 saturated heterocycles. The third kappa shape index (κ3) is 2.12. The van der Waals surface area contributed by atoms with Crippen LogP contribution in [0.1, 0.15) is 39.8 Å². The molecule has 1 amide bonds. The minimum absolute atomic E-state index is 0.0446. The van der Waals surface area contributed by atoms with E-state index in [9.17, 15) is 4.79 Å². The number of likely N-dealkylation sites (tertiary alicyclic amines) is 1. The second-order valence-corrected chi connectivity index (χ2v) is 5.95. The van der Waals surface area contributed by atoms with Gasteiger partial charge < -0.3 is 9.64 Å². The topological polar surface area (TPSA) is 76.0 Å². The van der Waals surface area contributed by atoms with Crippen LogP contribution >= 0.6 is 0 Å². The first-order valence-corrected chi connectivity index (χ1v) is 7.65. The van der Waals surface area contributed by atoms with Crippen LogP contribution in [-0.2, 0) is 24.8 Å². The SMILES string of the molecule is Cn1nccc1C(=O)N1CCC(c2n[nH]c3c2COCC3)C1. The first-order chi connectivity index (χ1) is 10.7. The molecule has 0 spiro atoms. The van der Waals surface area contributed by atoms with Crippen LogP contribution in [0, 0.1) is 0 Å². The van der Waals surface area contributed by atoms with E-state index in [-0.39, 0.29) is 5.91 Å². The zero-order valence-electron chi connectivity index (χ0n) is 12.6. The van der Waals surface area contributed by atoms with Crippen molar-refractivity contribution in [2.24, 2.45) is 7.05 Å². The molecule has 0 bridgehead atoms. The summed E-state index contributed by atoms with van der Waals surface area (Å²) in [6.07, 6.45) is 3.50. The Balaban J connectivity index is 1.52. The van der Waals surface area contributed by atoms with E-state index in [1.807, 2.05) is 4.90 Å². The number of aromatic nitrogens is 4. The van der Waals surface area contributed by atoms with E-state index in [1.165, 1.54) is 11.3 Å². The van der Waals surface area contributed by atoms with E-state index in [1.54, 1.807) is 24.0 Å². The number of carbonyl (C=O) groups is 1. The van der Waals surface area contributed by atoms with E-state index in [2.05, 4.69) is 15.3 Å². The molecular formula is C15H19N5O2. The van der Waals surface area contributed by atoms with Crippen molar-refractivity contribution in [3.63, 3.8) is 0 Å². The summed E-state index contributed by atoms with van der Waals surface area (Å²) in [6.45, 7) is 2.86.